The fourth-order valence-corrected chi connectivity index (χ4v) is 2.80. The molecule has 0 saturated heterocycles. The van der Waals surface area contributed by atoms with Crippen molar-refractivity contribution in [2.75, 3.05) is 6.61 Å². The molecule has 0 aliphatic rings. The maximum Gasteiger partial charge on any atom is 0.216 e. The summed E-state index contributed by atoms with van der Waals surface area (Å²) in [5.74, 6) is -0.0513. The second kappa shape index (κ2) is 5.98. The van der Waals surface area contributed by atoms with Gasteiger partial charge in [0.1, 0.15) is 0 Å². The van der Waals surface area contributed by atoms with E-state index in [2.05, 4.69) is 4.72 Å². The van der Waals surface area contributed by atoms with Crippen LogP contribution in [0, 0.1) is 0 Å². The molecular formula is C11H17NO3S. The third kappa shape index (κ3) is 4.30. The highest BCUT2D eigenvalue weighted by Gasteiger charge is 2.16. The van der Waals surface area contributed by atoms with Crippen molar-refractivity contribution in [1.82, 2.24) is 4.72 Å². The van der Waals surface area contributed by atoms with E-state index in [4.69, 9.17) is 5.11 Å². The van der Waals surface area contributed by atoms with Crippen molar-refractivity contribution >= 4 is 10.0 Å². The van der Waals surface area contributed by atoms with Crippen molar-refractivity contribution in [2.45, 2.75) is 25.1 Å². The van der Waals surface area contributed by atoms with Gasteiger partial charge < -0.3 is 5.11 Å². The van der Waals surface area contributed by atoms with E-state index in [9.17, 15) is 8.42 Å². The predicted molar refractivity (Wildman–Crippen MR) is 63.4 cm³/mol. The first-order valence-corrected chi connectivity index (χ1v) is 6.87. The summed E-state index contributed by atoms with van der Waals surface area (Å²) >= 11 is 0. The Morgan fingerprint density at radius 1 is 1.31 bits per heavy atom. The minimum absolute atomic E-state index is 0.0513. The van der Waals surface area contributed by atoms with Gasteiger partial charge in [-0.05, 0) is 12.0 Å². The summed E-state index contributed by atoms with van der Waals surface area (Å²) in [4.78, 5) is 0. The van der Waals surface area contributed by atoms with Gasteiger partial charge in [0.15, 0.2) is 0 Å². The number of benzene rings is 1. The third-order valence-electron chi connectivity index (χ3n) is 2.26. The molecule has 0 amide bonds. The molecule has 90 valence electrons. The van der Waals surface area contributed by atoms with Gasteiger partial charge in [0.05, 0.1) is 12.4 Å². The van der Waals surface area contributed by atoms with E-state index >= 15 is 0 Å². The molecule has 0 fully saturated rings. The molecule has 0 aliphatic carbocycles. The van der Waals surface area contributed by atoms with Crippen molar-refractivity contribution in [3.8, 4) is 0 Å². The van der Waals surface area contributed by atoms with Gasteiger partial charge in [0, 0.05) is 6.04 Å². The van der Waals surface area contributed by atoms with E-state index in [1.54, 1.807) is 24.3 Å². The van der Waals surface area contributed by atoms with Crippen molar-refractivity contribution in [3.05, 3.63) is 35.9 Å². The number of aliphatic hydroxyl groups excluding tert-OH is 1. The number of aliphatic hydroxyl groups is 1. The number of nitrogens with one attached hydrogen (secondary N) is 1. The zero-order valence-corrected chi connectivity index (χ0v) is 10.1. The lowest BCUT2D eigenvalue weighted by Gasteiger charge is -2.14. The average molecular weight is 243 g/mol. The molecule has 0 spiro atoms. The molecular weight excluding hydrogens is 226 g/mol. The fraction of sp³-hybridized carbons (Fsp3) is 0.455. The monoisotopic (exact) mass is 243 g/mol. The van der Waals surface area contributed by atoms with Crippen molar-refractivity contribution in [3.63, 3.8) is 0 Å². The molecule has 1 aromatic carbocycles. The third-order valence-corrected chi connectivity index (χ3v) is 3.66. The Hall–Kier alpha value is -0.910. The fourth-order valence-electron chi connectivity index (χ4n) is 1.34. The molecule has 0 aliphatic heterocycles. The molecule has 4 nitrogen and oxygen atoms in total. The van der Waals surface area contributed by atoms with Crippen LogP contribution in [0.5, 0.6) is 0 Å². The second-order valence-electron chi connectivity index (χ2n) is 3.65. The predicted octanol–water partition coefficient (Wildman–Crippen LogP) is 0.877. The molecule has 5 heteroatoms. The lowest BCUT2D eigenvalue weighted by atomic mass is 10.2. The van der Waals surface area contributed by atoms with Gasteiger partial charge in [0.2, 0.25) is 10.0 Å². The molecule has 0 radical (unpaired) electrons. The van der Waals surface area contributed by atoms with Crippen LogP contribution in [-0.4, -0.2) is 26.2 Å². The van der Waals surface area contributed by atoms with E-state index in [1.807, 2.05) is 13.0 Å². The summed E-state index contributed by atoms with van der Waals surface area (Å²) < 4.78 is 25.9. The van der Waals surface area contributed by atoms with E-state index in [0.717, 1.165) is 5.56 Å². The Balaban J connectivity index is 2.66. The van der Waals surface area contributed by atoms with E-state index < -0.39 is 16.1 Å². The van der Waals surface area contributed by atoms with Gasteiger partial charge in [-0.1, -0.05) is 37.3 Å². The lowest BCUT2D eigenvalue weighted by molar-refractivity contribution is 0.254. The zero-order valence-electron chi connectivity index (χ0n) is 9.26. The van der Waals surface area contributed by atoms with E-state index in [-0.39, 0.29) is 12.4 Å². The van der Waals surface area contributed by atoms with Gasteiger partial charge in [-0.25, -0.2) is 13.1 Å². The summed E-state index contributed by atoms with van der Waals surface area (Å²) in [6.45, 7) is 1.65. The first-order valence-electron chi connectivity index (χ1n) is 5.22. The van der Waals surface area contributed by atoms with Crippen LogP contribution in [0.4, 0.5) is 0 Å². The molecule has 0 aromatic heterocycles. The smallest absolute Gasteiger partial charge is 0.216 e. The molecule has 2 N–H and O–H groups in total. The van der Waals surface area contributed by atoms with Crippen LogP contribution in [0.25, 0.3) is 0 Å². The normalized spacial score (nSPS) is 13.6. The molecule has 0 saturated carbocycles. The maximum atomic E-state index is 11.7. The van der Waals surface area contributed by atoms with E-state index in [1.165, 1.54) is 0 Å². The molecule has 1 aromatic rings. The molecule has 0 heterocycles. The SMILES string of the molecule is CC[C@@H](CO)NS(=O)(=O)Cc1ccccc1. The summed E-state index contributed by atoms with van der Waals surface area (Å²) in [7, 11) is -3.37. The Morgan fingerprint density at radius 3 is 2.44 bits per heavy atom. The molecule has 16 heavy (non-hydrogen) atoms. The van der Waals surface area contributed by atoms with Crippen molar-refractivity contribution in [2.24, 2.45) is 0 Å². The van der Waals surface area contributed by atoms with Gasteiger partial charge in [-0.15, -0.1) is 0 Å². The number of hydrogen-bond donors (Lipinski definition) is 2. The van der Waals surface area contributed by atoms with E-state index in [0.29, 0.717) is 6.42 Å². The highest BCUT2D eigenvalue weighted by molar-refractivity contribution is 7.88. The molecule has 1 atom stereocenters. The average Bonchev–Trinajstić information content (AvgIpc) is 2.26. The maximum absolute atomic E-state index is 11.7. The molecule has 0 bridgehead atoms. The molecule has 1 rings (SSSR count). The minimum atomic E-state index is -3.37. The number of hydrogen-bond acceptors (Lipinski definition) is 3. The summed E-state index contributed by atoms with van der Waals surface area (Å²) in [6, 6.07) is 8.57. The second-order valence-corrected chi connectivity index (χ2v) is 5.40. The first-order chi connectivity index (χ1) is 7.57. The first kappa shape index (κ1) is 13.2. The number of sulfonamides is 1. The highest BCUT2D eigenvalue weighted by Crippen LogP contribution is 2.05. The zero-order chi connectivity index (χ0) is 12.0. The lowest BCUT2D eigenvalue weighted by Crippen LogP contribution is -2.37. The van der Waals surface area contributed by atoms with Crippen LogP contribution >= 0.6 is 0 Å². The van der Waals surface area contributed by atoms with Crippen molar-refractivity contribution in [1.29, 1.82) is 0 Å². The largest absolute Gasteiger partial charge is 0.395 e. The van der Waals surface area contributed by atoms with Gasteiger partial charge in [-0.2, -0.15) is 0 Å². The van der Waals surface area contributed by atoms with Crippen LogP contribution in [0.2, 0.25) is 0 Å². The standard InChI is InChI=1S/C11H17NO3S/c1-2-11(8-13)12-16(14,15)9-10-6-4-3-5-7-10/h3-7,11-13H,2,8-9H2,1H3/t11-/m0/s1. The molecule has 0 unspecified atom stereocenters. The van der Waals surface area contributed by atoms with Gasteiger partial charge in [-0.3, -0.25) is 0 Å². The van der Waals surface area contributed by atoms with Gasteiger partial charge in [0.25, 0.3) is 0 Å². The Labute approximate surface area is 96.4 Å². The highest BCUT2D eigenvalue weighted by atomic mass is 32.2. The van der Waals surface area contributed by atoms with Crippen LogP contribution in [-0.2, 0) is 15.8 Å². The van der Waals surface area contributed by atoms with Crippen LogP contribution in [0.15, 0.2) is 30.3 Å². The Bertz CT molecular complexity index is 398. The van der Waals surface area contributed by atoms with Crippen LogP contribution in [0.1, 0.15) is 18.9 Å². The summed E-state index contributed by atoms with van der Waals surface area (Å²) in [5.41, 5.74) is 0.739. The minimum Gasteiger partial charge on any atom is -0.395 e. The van der Waals surface area contributed by atoms with Gasteiger partial charge >= 0.3 is 0 Å². The summed E-state index contributed by atoms with van der Waals surface area (Å²) in [6.07, 6.45) is 0.574. The van der Waals surface area contributed by atoms with Crippen molar-refractivity contribution < 1.29 is 13.5 Å². The topological polar surface area (TPSA) is 66.4 Å². The Kier molecular flexibility index (Phi) is 4.92. The summed E-state index contributed by atoms with van der Waals surface area (Å²) in [5, 5.41) is 8.93. The van der Waals surface area contributed by atoms with Crippen LogP contribution in [0.3, 0.4) is 0 Å². The number of rotatable bonds is 6. The Morgan fingerprint density at radius 2 is 1.94 bits per heavy atom. The van der Waals surface area contributed by atoms with Crippen LogP contribution < -0.4 is 4.72 Å². The quantitative estimate of drug-likeness (QED) is 0.779.